The molecule has 19 heavy (non-hydrogen) atoms. The summed E-state index contributed by atoms with van der Waals surface area (Å²) in [6, 6.07) is 4.13. The van der Waals surface area contributed by atoms with Crippen molar-refractivity contribution in [1.29, 1.82) is 0 Å². The lowest BCUT2D eigenvalue weighted by molar-refractivity contribution is 0.0669. The van der Waals surface area contributed by atoms with E-state index < -0.39 is 0 Å². The molecule has 2 unspecified atom stereocenters. The van der Waals surface area contributed by atoms with Crippen LogP contribution in [0, 0.1) is 0 Å². The number of ether oxygens (including phenoxy) is 3. The number of benzene rings is 1. The summed E-state index contributed by atoms with van der Waals surface area (Å²) in [4.78, 5) is 0. The quantitative estimate of drug-likeness (QED) is 0.922. The Morgan fingerprint density at radius 2 is 2.05 bits per heavy atom. The fourth-order valence-corrected chi connectivity index (χ4v) is 2.95. The topological polar surface area (TPSA) is 39.7 Å². The summed E-state index contributed by atoms with van der Waals surface area (Å²) < 4.78 is 16.1. The molecule has 2 atom stereocenters. The smallest absolute Gasteiger partial charge is 0.231 e. The van der Waals surface area contributed by atoms with Crippen LogP contribution in [0.5, 0.6) is 11.5 Å². The normalized spacial score (nSPS) is 25.4. The van der Waals surface area contributed by atoms with Gasteiger partial charge in [0.15, 0.2) is 11.5 Å². The first-order valence-corrected chi connectivity index (χ1v) is 7.02. The number of anilines is 1. The SMILES string of the molecule is COC1CCCC(Nc2cc3c(cc2Cl)OCO3)C1. The molecule has 104 valence electrons. The van der Waals surface area contributed by atoms with E-state index >= 15 is 0 Å². The zero-order valence-corrected chi connectivity index (χ0v) is 11.7. The van der Waals surface area contributed by atoms with Crippen molar-refractivity contribution >= 4 is 17.3 Å². The number of methoxy groups -OCH3 is 1. The van der Waals surface area contributed by atoms with Crippen LogP contribution in [0.4, 0.5) is 5.69 Å². The molecule has 0 bridgehead atoms. The monoisotopic (exact) mass is 283 g/mol. The van der Waals surface area contributed by atoms with E-state index in [1.807, 2.05) is 12.1 Å². The Morgan fingerprint density at radius 3 is 2.84 bits per heavy atom. The standard InChI is InChI=1S/C14H18ClNO3/c1-17-10-4-2-3-9(5-10)16-12-7-14-13(6-11(12)15)18-8-19-14/h6-7,9-10,16H,2-5,8H2,1H3. The molecule has 4 nitrogen and oxygen atoms in total. The molecule has 5 heteroatoms. The number of fused-ring (bicyclic) bond motifs is 1. The van der Waals surface area contributed by atoms with Crippen LogP contribution in [-0.2, 0) is 4.74 Å². The van der Waals surface area contributed by atoms with Gasteiger partial charge in [0.1, 0.15) is 0 Å². The highest BCUT2D eigenvalue weighted by Crippen LogP contribution is 2.40. The van der Waals surface area contributed by atoms with E-state index in [2.05, 4.69) is 5.32 Å². The number of nitrogens with one attached hydrogen (secondary N) is 1. The van der Waals surface area contributed by atoms with Crippen molar-refractivity contribution in [2.24, 2.45) is 0 Å². The number of hydrogen-bond acceptors (Lipinski definition) is 4. The van der Waals surface area contributed by atoms with Crippen molar-refractivity contribution in [1.82, 2.24) is 0 Å². The molecule has 1 N–H and O–H groups in total. The molecule has 1 saturated carbocycles. The van der Waals surface area contributed by atoms with Gasteiger partial charge in [-0.05, 0) is 25.7 Å². The van der Waals surface area contributed by atoms with Gasteiger partial charge in [-0.2, -0.15) is 0 Å². The Hall–Kier alpha value is -1.13. The maximum absolute atomic E-state index is 6.27. The van der Waals surface area contributed by atoms with Gasteiger partial charge in [-0.25, -0.2) is 0 Å². The summed E-state index contributed by atoms with van der Waals surface area (Å²) in [6.45, 7) is 0.268. The van der Waals surface area contributed by atoms with Crippen molar-refractivity contribution in [3.63, 3.8) is 0 Å². The Morgan fingerprint density at radius 1 is 1.26 bits per heavy atom. The first-order valence-electron chi connectivity index (χ1n) is 6.64. The van der Waals surface area contributed by atoms with E-state index in [-0.39, 0.29) is 6.79 Å². The first kappa shape index (κ1) is 12.9. The molecular weight excluding hydrogens is 266 g/mol. The minimum Gasteiger partial charge on any atom is -0.454 e. The van der Waals surface area contributed by atoms with Crippen LogP contribution in [-0.4, -0.2) is 26.0 Å². The lowest BCUT2D eigenvalue weighted by Crippen LogP contribution is -2.31. The zero-order chi connectivity index (χ0) is 13.2. The average Bonchev–Trinajstić information content (AvgIpc) is 2.86. The van der Waals surface area contributed by atoms with E-state index in [0.717, 1.165) is 30.7 Å². The minimum absolute atomic E-state index is 0.268. The Balaban J connectivity index is 1.72. The second kappa shape index (κ2) is 5.47. The molecule has 0 amide bonds. The molecule has 1 aromatic carbocycles. The second-order valence-corrected chi connectivity index (χ2v) is 5.46. The van der Waals surface area contributed by atoms with E-state index in [0.29, 0.717) is 22.9 Å². The molecule has 1 aliphatic heterocycles. The average molecular weight is 284 g/mol. The van der Waals surface area contributed by atoms with Gasteiger partial charge >= 0.3 is 0 Å². The number of halogens is 1. The molecular formula is C14H18ClNO3. The third-order valence-corrected chi connectivity index (χ3v) is 4.09. The third-order valence-electron chi connectivity index (χ3n) is 3.78. The molecule has 1 fully saturated rings. The van der Waals surface area contributed by atoms with Crippen LogP contribution in [0.3, 0.4) is 0 Å². The van der Waals surface area contributed by atoms with E-state index in [9.17, 15) is 0 Å². The van der Waals surface area contributed by atoms with Gasteiger partial charge < -0.3 is 19.5 Å². The summed E-state index contributed by atoms with van der Waals surface area (Å²) in [7, 11) is 1.78. The maximum atomic E-state index is 6.27. The van der Waals surface area contributed by atoms with Gasteiger partial charge in [-0.15, -0.1) is 0 Å². The van der Waals surface area contributed by atoms with Crippen LogP contribution in [0.2, 0.25) is 5.02 Å². The molecule has 0 aromatic heterocycles. The van der Waals surface area contributed by atoms with Gasteiger partial charge in [0.25, 0.3) is 0 Å². The molecule has 0 spiro atoms. The van der Waals surface area contributed by atoms with Crippen LogP contribution >= 0.6 is 11.6 Å². The molecule has 1 aromatic rings. The number of rotatable bonds is 3. The summed E-state index contributed by atoms with van der Waals surface area (Å²) in [5, 5.41) is 4.17. The molecule has 0 radical (unpaired) electrons. The fourth-order valence-electron chi connectivity index (χ4n) is 2.74. The summed E-state index contributed by atoms with van der Waals surface area (Å²) in [5.41, 5.74) is 0.910. The molecule has 2 aliphatic rings. The van der Waals surface area contributed by atoms with Crippen LogP contribution < -0.4 is 14.8 Å². The lowest BCUT2D eigenvalue weighted by atomic mass is 9.92. The minimum atomic E-state index is 0.268. The van der Waals surface area contributed by atoms with Crippen molar-refractivity contribution in [2.45, 2.75) is 37.8 Å². The van der Waals surface area contributed by atoms with E-state index in [4.69, 9.17) is 25.8 Å². The molecule has 0 saturated heterocycles. The van der Waals surface area contributed by atoms with Crippen molar-refractivity contribution in [3.8, 4) is 11.5 Å². The maximum Gasteiger partial charge on any atom is 0.231 e. The summed E-state index contributed by atoms with van der Waals surface area (Å²) >= 11 is 6.27. The zero-order valence-electron chi connectivity index (χ0n) is 10.9. The van der Waals surface area contributed by atoms with Crippen molar-refractivity contribution < 1.29 is 14.2 Å². The summed E-state index contributed by atoms with van der Waals surface area (Å²) in [5.74, 6) is 1.47. The fraction of sp³-hybridized carbons (Fsp3) is 0.571. The van der Waals surface area contributed by atoms with Gasteiger partial charge in [0.05, 0.1) is 16.8 Å². The highest BCUT2D eigenvalue weighted by atomic mass is 35.5. The lowest BCUT2D eigenvalue weighted by Gasteiger charge is -2.29. The molecule has 1 aliphatic carbocycles. The van der Waals surface area contributed by atoms with Crippen molar-refractivity contribution in [2.75, 3.05) is 19.2 Å². The van der Waals surface area contributed by atoms with E-state index in [1.54, 1.807) is 7.11 Å². The van der Waals surface area contributed by atoms with Gasteiger partial charge in [0, 0.05) is 25.3 Å². The van der Waals surface area contributed by atoms with E-state index in [1.165, 1.54) is 6.42 Å². The second-order valence-electron chi connectivity index (χ2n) is 5.05. The van der Waals surface area contributed by atoms with Gasteiger partial charge in [0.2, 0.25) is 6.79 Å². The summed E-state index contributed by atoms with van der Waals surface area (Å²) in [6.07, 6.45) is 4.83. The Kier molecular flexibility index (Phi) is 3.71. The Labute approximate surface area is 118 Å². The first-order chi connectivity index (χ1) is 9.26. The third kappa shape index (κ3) is 2.74. The molecule has 1 heterocycles. The highest BCUT2D eigenvalue weighted by Gasteiger charge is 2.23. The predicted octanol–water partition coefficient (Wildman–Crippen LogP) is 3.44. The predicted molar refractivity (Wildman–Crippen MR) is 74.3 cm³/mol. The Bertz CT molecular complexity index is 466. The number of hydrogen-bond donors (Lipinski definition) is 1. The largest absolute Gasteiger partial charge is 0.454 e. The highest BCUT2D eigenvalue weighted by molar-refractivity contribution is 6.33. The van der Waals surface area contributed by atoms with Crippen LogP contribution in [0.1, 0.15) is 25.7 Å². The van der Waals surface area contributed by atoms with Gasteiger partial charge in [-0.3, -0.25) is 0 Å². The van der Waals surface area contributed by atoms with Crippen LogP contribution in [0.15, 0.2) is 12.1 Å². The van der Waals surface area contributed by atoms with Gasteiger partial charge in [-0.1, -0.05) is 11.6 Å². The van der Waals surface area contributed by atoms with Crippen molar-refractivity contribution in [3.05, 3.63) is 17.2 Å². The molecule has 3 rings (SSSR count). The van der Waals surface area contributed by atoms with Crippen LogP contribution in [0.25, 0.3) is 0 Å².